The van der Waals surface area contributed by atoms with Crippen LogP contribution in [0.5, 0.6) is 11.5 Å². The smallest absolute Gasteiger partial charge is 0.193 e. The van der Waals surface area contributed by atoms with E-state index in [1.54, 1.807) is 6.07 Å². The molecule has 0 saturated carbocycles. The topological polar surface area (TPSA) is 88.9 Å². The second-order valence-electron chi connectivity index (χ2n) is 5.81. The number of carbonyl (C=O) groups excluding carboxylic acids is 1. The second-order valence-corrected chi connectivity index (χ2v) is 5.81. The molecule has 1 aromatic heterocycles. The molecule has 0 bridgehead atoms. The summed E-state index contributed by atoms with van der Waals surface area (Å²) in [4.78, 5) is 17.2. The van der Waals surface area contributed by atoms with Crippen molar-refractivity contribution in [3.8, 4) is 11.5 Å². The molecule has 0 aliphatic rings. The minimum absolute atomic E-state index is 0.111. The van der Waals surface area contributed by atoms with Crippen LogP contribution < -0.4 is 9.47 Å². The van der Waals surface area contributed by atoms with Gasteiger partial charge in [-0.3, -0.25) is 9.78 Å². The SMILES string of the molecule is COc1c(CO)cc2c(C(=O)c3ccc(CO)c(F)c3)ccnc2c1OC. The van der Waals surface area contributed by atoms with Crippen LogP contribution >= 0.6 is 0 Å². The number of rotatable bonds is 6. The van der Waals surface area contributed by atoms with Gasteiger partial charge in [0.05, 0.1) is 27.4 Å². The van der Waals surface area contributed by atoms with E-state index in [1.165, 1.54) is 38.6 Å². The van der Waals surface area contributed by atoms with Gasteiger partial charge in [0.15, 0.2) is 17.3 Å². The monoisotopic (exact) mass is 371 g/mol. The molecule has 6 nitrogen and oxygen atoms in total. The maximum Gasteiger partial charge on any atom is 0.193 e. The van der Waals surface area contributed by atoms with Gasteiger partial charge in [0.25, 0.3) is 0 Å². The van der Waals surface area contributed by atoms with Crippen LogP contribution in [0.4, 0.5) is 4.39 Å². The molecule has 0 spiro atoms. The number of aliphatic hydroxyl groups excluding tert-OH is 2. The lowest BCUT2D eigenvalue weighted by atomic mass is 9.97. The Bertz CT molecular complexity index is 1020. The van der Waals surface area contributed by atoms with Crippen molar-refractivity contribution in [1.29, 1.82) is 0 Å². The Morgan fingerprint density at radius 3 is 2.33 bits per heavy atom. The van der Waals surface area contributed by atoms with E-state index in [4.69, 9.17) is 14.6 Å². The summed E-state index contributed by atoms with van der Waals surface area (Å²) in [6.07, 6.45) is 1.45. The van der Waals surface area contributed by atoms with E-state index in [0.717, 1.165) is 6.07 Å². The molecule has 0 aliphatic heterocycles. The maximum atomic E-state index is 14.0. The Labute approximate surface area is 154 Å². The van der Waals surface area contributed by atoms with E-state index in [-0.39, 0.29) is 23.3 Å². The molecule has 27 heavy (non-hydrogen) atoms. The fraction of sp³-hybridized carbons (Fsp3) is 0.200. The minimum Gasteiger partial charge on any atom is -0.492 e. The molecule has 2 aromatic carbocycles. The average Bonchev–Trinajstić information content (AvgIpc) is 2.70. The lowest BCUT2D eigenvalue weighted by molar-refractivity contribution is 0.103. The van der Waals surface area contributed by atoms with Gasteiger partial charge in [-0.25, -0.2) is 4.39 Å². The maximum absolute atomic E-state index is 14.0. The van der Waals surface area contributed by atoms with E-state index < -0.39 is 18.2 Å². The first-order valence-electron chi connectivity index (χ1n) is 8.13. The second kappa shape index (κ2) is 7.69. The zero-order valence-electron chi connectivity index (χ0n) is 14.8. The van der Waals surface area contributed by atoms with Gasteiger partial charge in [0.1, 0.15) is 11.3 Å². The largest absolute Gasteiger partial charge is 0.492 e. The molecule has 2 N–H and O–H groups in total. The molecule has 0 fully saturated rings. The quantitative estimate of drug-likeness (QED) is 0.648. The minimum atomic E-state index is -0.656. The van der Waals surface area contributed by atoms with Gasteiger partial charge in [-0.05, 0) is 18.2 Å². The van der Waals surface area contributed by atoms with Crippen molar-refractivity contribution in [1.82, 2.24) is 4.98 Å². The van der Waals surface area contributed by atoms with Crippen molar-refractivity contribution in [2.24, 2.45) is 0 Å². The zero-order chi connectivity index (χ0) is 19.6. The fourth-order valence-electron chi connectivity index (χ4n) is 2.99. The Morgan fingerprint density at radius 2 is 1.74 bits per heavy atom. The first kappa shape index (κ1) is 18.8. The number of carbonyl (C=O) groups is 1. The van der Waals surface area contributed by atoms with Crippen LogP contribution in [0.25, 0.3) is 10.9 Å². The molecule has 0 aliphatic carbocycles. The van der Waals surface area contributed by atoms with Gasteiger partial charge in [-0.2, -0.15) is 0 Å². The van der Waals surface area contributed by atoms with Gasteiger partial charge < -0.3 is 19.7 Å². The molecule has 0 unspecified atom stereocenters. The first-order chi connectivity index (χ1) is 13.0. The van der Waals surface area contributed by atoms with Crippen LogP contribution in [0.2, 0.25) is 0 Å². The normalized spacial score (nSPS) is 10.9. The third-order valence-electron chi connectivity index (χ3n) is 4.33. The summed E-state index contributed by atoms with van der Waals surface area (Å²) >= 11 is 0. The van der Waals surface area contributed by atoms with Crippen LogP contribution in [0, 0.1) is 5.82 Å². The van der Waals surface area contributed by atoms with Crippen LogP contribution in [0.3, 0.4) is 0 Å². The standard InChI is InChI=1S/C20H18FNO5/c1-26-19-13(10-24)7-15-14(5-6-22-17(15)20(19)27-2)18(25)11-3-4-12(9-23)16(21)8-11/h3-8,23-24H,9-10H2,1-2H3. The van der Waals surface area contributed by atoms with Crippen molar-refractivity contribution >= 4 is 16.7 Å². The van der Waals surface area contributed by atoms with Gasteiger partial charge >= 0.3 is 0 Å². The van der Waals surface area contributed by atoms with Gasteiger partial charge in [0, 0.05) is 33.8 Å². The highest BCUT2D eigenvalue weighted by Gasteiger charge is 2.21. The Hall–Kier alpha value is -3.03. The molecular formula is C20H18FNO5. The number of ketones is 1. The molecule has 3 rings (SSSR count). The number of halogens is 1. The molecule has 0 saturated heterocycles. The van der Waals surface area contributed by atoms with E-state index >= 15 is 0 Å². The van der Waals surface area contributed by atoms with Crippen LogP contribution in [0.15, 0.2) is 36.5 Å². The number of hydrogen-bond donors (Lipinski definition) is 2. The van der Waals surface area contributed by atoms with Crippen molar-refractivity contribution in [3.05, 3.63) is 64.6 Å². The van der Waals surface area contributed by atoms with Crippen molar-refractivity contribution < 1.29 is 28.9 Å². The molecule has 3 aromatic rings. The average molecular weight is 371 g/mol. The fourth-order valence-corrected chi connectivity index (χ4v) is 2.99. The zero-order valence-corrected chi connectivity index (χ0v) is 14.8. The van der Waals surface area contributed by atoms with Crippen molar-refractivity contribution in [2.45, 2.75) is 13.2 Å². The highest BCUT2D eigenvalue weighted by Crippen LogP contribution is 2.39. The van der Waals surface area contributed by atoms with E-state index in [9.17, 15) is 14.3 Å². The summed E-state index contributed by atoms with van der Waals surface area (Å²) in [5.41, 5.74) is 1.36. The van der Waals surface area contributed by atoms with E-state index in [0.29, 0.717) is 28.0 Å². The Kier molecular flexibility index (Phi) is 5.34. The van der Waals surface area contributed by atoms with Crippen LogP contribution in [-0.2, 0) is 13.2 Å². The third kappa shape index (κ3) is 3.22. The van der Waals surface area contributed by atoms with E-state index in [1.807, 2.05) is 0 Å². The number of aliphatic hydroxyl groups is 2. The molecule has 1 heterocycles. The predicted octanol–water partition coefficient (Wildman–Crippen LogP) is 2.61. The number of pyridine rings is 1. The van der Waals surface area contributed by atoms with Crippen LogP contribution in [-0.4, -0.2) is 35.2 Å². The summed E-state index contributed by atoms with van der Waals surface area (Å²) in [5, 5.41) is 19.2. The summed E-state index contributed by atoms with van der Waals surface area (Å²) in [5.74, 6) is -0.433. The van der Waals surface area contributed by atoms with Gasteiger partial charge in [-0.1, -0.05) is 12.1 Å². The summed E-state index contributed by atoms with van der Waals surface area (Å²) in [6.45, 7) is -0.771. The first-order valence-corrected chi connectivity index (χ1v) is 8.13. The number of aromatic nitrogens is 1. The number of benzene rings is 2. The highest BCUT2D eigenvalue weighted by atomic mass is 19.1. The number of hydrogen-bond acceptors (Lipinski definition) is 6. The van der Waals surface area contributed by atoms with Gasteiger partial charge in [-0.15, -0.1) is 0 Å². The molecule has 0 atom stereocenters. The molecule has 140 valence electrons. The molecular weight excluding hydrogens is 353 g/mol. The number of fused-ring (bicyclic) bond motifs is 1. The number of nitrogens with zero attached hydrogens (tertiary/aromatic N) is 1. The summed E-state index contributed by atoms with van der Waals surface area (Å²) in [6, 6.07) is 7.05. The Balaban J connectivity index is 2.23. The van der Waals surface area contributed by atoms with Crippen molar-refractivity contribution in [2.75, 3.05) is 14.2 Å². The van der Waals surface area contributed by atoms with Gasteiger partial charge in [0.2, 0.25) is 0 Å². The third-order valence-corrected chi connectivity index (χ3v) is 4.33. The number of ether oxygens (including phenoxy) is 2. The Morgan fingerprint density at radius 1 is 1.04 bits per heavy atom. The van der Waals surface area contributed by atoms with Crippen molar-refractivity contribution in [3.63, 3.8) is 0 Å². The lowest BCUT2D eigenvalue weighted by Gasteiger charge is -2.15. The molecule has 7 heteroatoms. The number of methoxy groups -OCH3 is 2. The predicted molar refractivity (Wildman–Crippen MR) is 96.5 cm³/mol. The highest BCUT2D eigenvalue weighted by molar-refractivity contribution is 6.16. The summed E-state index contributed by atoms with van der Waals surface area (Å²) in [7, 11) is 2.89. The summed E-state index contributed by atoms with van der Waals surface area (Å²) < 4.78 is 24.7. The van der Waals surface area contributed by atoms with Crippen LogP contribution in [0.1, 0.15) is 27.0 Å². The molecule has 0 amide bonds. The lowest BCUT2D eigenvalue weighted by Crippen LogP contribution is -2.06. The molecule has 0 radical (unpaired) electrons. The van der Waals surface area contributed by atoms with E-state index in [2.05, 4.69) is 4.98 Å².